The van der Waals surface area contributed by atoms with Crippen molar-refractivity contribution in [2.75, 3.05) is 13.3 Å². The van der Waals surface area contributed by atoms with Crippen LogP contribution >= 0.6 is 0 Å². The molecule has 0 unspecified atom stereocenters. The van der Waals surface area contributed by atoms with Gasteiger partial charge in [0.2, 0.25) is 0 Å². The van der Waals surface area contributed by atoms with Gasteiger partial charge < -0.3 is 10.1 Å². The predicted molar refractivity (Wildman–Crippen MR) is 64.1 cm³/mol. The molecule has 0 heterocycles. The SMILES string of the molecule is CNC(=O)Oc1cc(C)c(S(C)(=O)=O)c(C)c1. The van der Waals surface area contributed by atoms with Gasteiger partial charge >= 0.3 is 6.09 Å². The van der Waals surface area contributed by atoms with Crippen molar-refractivity contribution >= 4 is 15.9 Å². The molecule has 0 aliphatic heterocycles. The van der Waals surface area contributed by atoms with Gasteiger partial charge in [-0.1, -0.05) is 0 Å². The van der Waals surface area contributed by atoms with Crippen LogP contribution in [0.5, 0.6) is 5.75 Å². The van der Waals surface area contributed by atoms with E-state index in [4.69, 9.17) is 4.74 Å². The Morgan fingerprint density at radius 2 is 1.71 bits per heavy atom. The Balaban J connectivity index is 3.24. The second-order valence-corrected chi connectivity index (χ2v) is 5.75. The topological polar surface area (TPSA) is 72.5 Å². The average molecular weight is 257 g/mol. The summed E-state index contributed by atoms with van der Waals surface area (Å²) in [6, 6.07) is 3.05. The Bertz CT molecular complexity index is 526. The van der Waals surface area contributed by atoms with E-state index in [1.807, 2.05) is 0 Å². The second kappa shape index (κ2) is 4.75. The minimum absolute atomic E-state index is 0.279. The van der Waals surface area contributed by atoms with Gasteiger partial charge in [0.15, 0.2) is 9.84 Å². The van der Waals surface area contributed by atoms with Crippen molar-refractivity contribution in [1.29, 1.82) is 0 Å². The van der Waals surface area contributed by atoms with Crippen LogP contribution in [-0.4, -0.2) is 27.8 Å². The molecule has 0 spiro atoms. The minimum Gasteiger partial charge on any atom is -0.410 e. The largest absolute Gasteiger partial charge is 0.412 e. The standard InChI is InChI=1S/C11H15NO4S/c1-7-5-9(16-11(13)12-3)6-8(2)10(7)17(4,14)15/h5-6H,1-4H3,(H,12,13). The van der Waals surface area contributed by atoms with Gasteiger partial charge in [-0.3, -0.25) is 0 Å². The maximum atomic E-state index is 11.5. The zero-order chi connectivity index (χ0) is 13.2. The van der Waals surface area contributed by atoms with E-state index in [0.29, 0.717) is 16.9 Å². The van der Waals surface area contributed by atoms with Gasteiger partial charge in [0.25, 0.3) is 0 Å². The summed E-state index contributed by atoms with van der Waals surface area (Å²) in [5.74, 6) is 0.326. The van der Waals surface area contributed by atoms with E-state index in [1.54, 1.807) is 13.8 Å². The molecule has 1 aromatic rings. The fourth-order valence-electron chi connectivity index (χ4n) is 1.71. The molecule has 0 bridgehead atoms. The molecule has 1 rings (SSSR count). The Morgan fingerprint density at radius 3 is 2.06 bits per heavy atom. The summed E-state index contributed by atoms with van der Waals surface area (Å²) in [7, 11) is -1.82. The molecule has 0 saturated heterocycles. The van der Waals surface area contributed by atoms with Crippen LogP contribution in [0, 0.1) is 13.8 Å². The van der Waals surface area contributed by atoms with Gasteiger partial charge in [-0.15, -0.1) is 0 Å². The monoisotopic (exact) mass is 257 g/mol. The van der Waals surface area contributed by atoms with E-state index >= 15 is 0 Å². The molecule has 1 aromatic carbocycles. The van der Waals surface area contributed by atoms with Crippen molar-refractivity contribution in [1.82, 2.24) is 5.32 Å². The highest BCUT2D eigenvalue weighted by molar-refractivity contribution is 7.90. The number of aryl methyl sites for hydroxylation is 2. The molecule has 0 radical (unpaired) electrons. The summed E-state index contributed by atoms with van der Waals surface area (Å²) in [5.41, 5.74) is 1.12. The second-order valence-electron chi connectivity index (χ2n) is 3.80. The summed E-state index contributed by atoms with van der Waals surface area (Å²) in [6.07, 6.45) is 0.567. The van der Waals surface area contributed by atoms with E-state index in [1.165, 1.54) is 19.2 Å². The lowest BCUT2D eigenvalue weighted by Crippen LogP contribution is -2.22. The van der Waals surface area contributed by atoms with E-state index in [2.05, 4.69) is 5.32 Å². The highest BCUT2D eigenvalue weighted by atomic mass is 32.2. The first kappa shape index (κ1) is 13.5. The first-order chi connectivity index (χ1) is 7.75. The lowest BCUT2D eigenvalue weighted by atomic mass is 10.1. The number of amides is 1. The van der Waals surface area contributed by atoms with Crippen molar-refractivity contribution in [2.45, 2.75) is 18.7 Å². The number of carbonyl (C=O) groups excluding carboxylic acids is 1. The third kappa shape index (κ3) is 3.20. The molecule has 6 heteroatoms. The highest BCUT2D eigenvalue weighted by Crippen LogP contribution is 2.25. The van der Waals surface area contributed by atoms with Gasteiger partial charge in [-0.25, -0.2) is 13.2 Å². The van der Waals surface area contributed by atoms with Gasteiger partial charge in [0.1, 0.15) is 5.75 Å². The molecule has 17 heavy (non-hydrogen) atoms. The summed E-state index contributed by atoms with van der Waals surface area (Å²) >= 11 is 0. The molecular weight excluding hydrogens is 242 g/mol. The third-order valence-electron chi connectivity index (χ3n) is 2.22. The smallest absolute Gasteiger partial charge is 0.410 e. The molecule has 0 aliphatic rings. The molecule has 94 valence electrons. The summed E-state index contributed by atoms with van der Waals surface area (Å²) in [4.78, 5) is 11.3. The van der Waals surface area contributed by atoms with Crippen LogP contribution in [0.15, 0.2) is 17.0 Å². The van der Waals surface area contributed by atoms with E-state index in [-0.39, 0.29) is 4.90 Å². The van der Waals surface area contributed by atoms with Crippen molar-refractivity contribution in [3.8, 4) is 5.75 Å². The van der Waals surface area contributed by atoms with Crippen molar-refractivity contribution in [3.63, 3.8) is 0 Å². The zero-order valence-corrected chi connectivity index (χ0v) is 11.0. The molecule has 1 N–H and O–H groups in total. The Morgan fingerprint density at radius 1 is 1.24 bits per heavy atom. The maximum Gasteiger partial charge on any atom is 0.412 e. The van der Waals surface area contributed by atoms with Gasteiger partial charge in [0.05, 0.1) is 4.90 Å². The summed E-state index contributed by atoms with van der Waals surface area (Å²) in [6.45, 7) is 3.33. The Hall–Kier alpha value is -1.56. The number of nitrogens with one attached hydrogen (secondary N) is 1. The third-order valence-corrected chi connectivity index (χ3v) is 3.60. The number of ether oxygens (including phenoxy) is 1. The number of hydrogen-bond acceptors (Lipinski definition) is 4. The fourth-order valence-corrected chi connectivity index (χ4v) is 3.00. The van der Waals surface area contributed by atoms with Crippen molar-refractivity contribution in [2.24, 2.45) is 0 Å². The number of rotatable bonds is 2. The first-order valence-electron chi connectivity index (χ1n) is 4.96. The van der Waals surface area contributed by atoms with E-state index in [9.17, 15) is 13.2 Å². The van der Waals surface area contributed by atoms with Crippen LogP contribution in [0.1, 0.15) is 11.1 Å². The zero-order valence-electron chi connectivity index (χ0n) is 10.2. The minimum atomic E-state index is -3.27. The van der Waals surface area contributed by atoms with E-state index < -0.39 is 15.9 Å². The maximum absolute atomic E-state index is 11.5. The van der Waals surface area contributed by atoms with Gasteiger partial charge in [-0.05, 0) is 37.1 Å². The van der Waals surface area contributed by atoms with Crippen LogP contribution in [0.4, 0.5) is 4.79 Å². The van der Waals surface area contributed by atoms with Crippen molar-refractivity contribution < 1.29 is 17.9 Å². The molecule has 0 saturated carbocycles. The van der Waals surface area contributed by atoms with Crippen LogP contribution in [-0.2, 0) is 9.84 Å². The fraction of sp³-hybridized carbons (Fsp3) is 0.364. The average Bonchev–Trinajstić information content (AvgIpc) is 2.13. The highest BCUT2D eigenvalue weighted by Gasteiger charge is 2.16. The molecule has 0 fully saturated rings. The quantitative estimate of drug-likeness (QED) is 0.869. The molecule has 0 aromatic heterocycles. The molecule has 1 amide bonds. The summed E-state index contributed by atoms with van der Waals surface area (Å²) in [5, 5.41) is 2.32. The van der Waals surface area contributed by atoms with Crippen LogP contribution in [0.25, 0.3) is 0 Å². The van der Waals surface area contributed by atoms with E-state index in [0.717, 1.165) is 6.26 Å². The lowest BCUT2D eigenvalue weighted by molar-refractivity contribution is 0.203. The molecule has 0 aliphatic carbocycles. The first-order valence-corrected chi connectivity index (χ1v) is 6.85. The number of carbonyl (C=O) groups is 1. The Labute approximate surface area is 101 Å². The van der Waals surface area contributed by atoms with Crippen LogP contribution < -0.4 is 10.1 Å². The normalized spacial score (nSPS) is 11.1. The van der Waals surface area contributed by atoms with Crippen LogP contribution in [0.2, 0.25) is 0 Å². The molecule has 5 nitrogen and oxygen atoms in total. The van der Waals surface area contributed by atoms with Crippen molar-refractivity contribution in [3.05, 3.63) is 23.3 Å². The van der Waals surface area contributed by atoms with Gasteiger partial charge in [-0.2, -0.15) is 0 Å². The Kier molecular flexibility index (Phi) is 3.77. The number of sulfone groups is 1. The number of hydrogen-bond donors (Lipinski definition) is 1. The van der Waals surface area contributed by atoms with Gasteiger partial charge in [0, 0.05) is 13.3 Å². The van der Waals surface area contributed by atoms with Crippen LogP contribution in [0.3, 0.4) is 0 Å². The summed E-state index contributed by atoms with van der Waals surface area (Å²) < 4.78 is 28.0. The lowest BCUT2D eigenvalue weighted by Gasteiger charge is -2.10. The molecule has 0 atom stereocenters. The molecular formula is C11H15NO4S. The predicted octanol–water partition coefficient (Wildman–Crippen LogP) is 1.43. The number of benzene rings is 1.